The second kappa shape index (κ2) is 6.73. The van der Waals surface area contributed by atoms with Crippen LogP contribution >= 0.6 is 27.7 Å². The first-order chi connectivity index (χ1) is 9.19. The molecule has 0 spiro atoms. The van der Waals surface area contributed by atoms with Crippen molar-refractivity contribution < 1.29 is 9.53 Å². The van der Waals surface area contributed by atoms with Gasteiger partial charge in [-0.05, 0) is 40.4 Å². The molecule has 0 unspecified atom stereocenters. The van der Waals surface area contributed by atoms with E-state index in [9.17, 15) is 4.79 Å². The molecule has 1 heterocycles. The number of pyridine rings is 1. The Bertz CT molecular complexity index is 572. The molecule has 0 amide bonds. The van der Waals surface area contributed by atoms with E-state index in [4.69, 9.17) is 4.74 Å². The summed E-state index contributed by atoms with van der Waals surface area (Å²) >= 11 is 4.95. The smallest absolute Gasteiger partial charge is 0.200 e. The second-order valence-electron chi connectivity index (χ2n) is 3.78. The van der Waals surface area contributed by atoms with Crippen LogP contribution < -0.4 is 4.74 Å². The predicted octanol–water partition coefficient (Wildman–Crippen LogP) is 3.83. The number of halogens is 1. The summed E-state index contributed by atoms with van der Waals surface area (Å²) in [5.74, 6) is 0.524. The van der Waals surface area contributed by atoms with Gasteiger partial charge in [0.05, 0.1) is 6.20 Å². The number of ether oxygens (including phenoxy) is 1. The standard InChI is InChI=1S/C14H12BrNO2S/c1-19-13-4-2-10(3-5-13)14(17)9-18-12-6-11(15)7-16-8-12/h2-8H,9H2,1H3. The normalized spacial score (nSPS) is 10.2. The Hall–Kier alpha value is -1.33. The van der Waals surface area contributed by atoms with E-state index in [2.05, 4.69) is 20.9 Å². The molecule has 19 heavy (non-hydrogen) atoms. The van der Waals surface area contributed by atoms with E-state index in [0.717, 1.165) is 9.37 Å². The summed E-state index contributed by atoms with van der Waals surface area (Å²) < 4.78 is 6.23. The largest absolute Gasteiger partial charge is 0.484 e. The molecule has 1 aromatic carbocycles. The second-order valence-corrected chi connectivity index (χ2v) is 5.57. The minimum atomic E-state index is -0.0485. The van der Waals surface area contributed by atoms with Crippen LogP contribution in [0.5, 0.6) is 5.75 Å². The number of benzene rings is 1. The van der Waals surface area contributed by atoms with E-state index >= 15 is 0 Å². The SMILES string of the molecule is CSc1ccc(C(=O)COc2cncc(Br)c2)cc1. The Balaban J connectivity index is 1.97. The summed E-state index contributed by atoms with van der Waals surface area (Å²) in [6.07, 6.45) is 5.24. The molecule has 0 N–H and O–H groups in total. The van der Waals surface area contributed by atoms with Crippen molar-refractivity contribution in [2.75, 3.05) is 12.9 Å². The van der Waals surface area contributed by atoms with Crippen LogP contribution in [-0.2, 0) is 0 Å². The molecule has 0 aliphatic carbocycles. The number of ketones is 1. The average molecular weight is 338 g/mol. The maximum absolute atomic E-state index is 11.9. The van der Waals surface area contributed by atoms with Gasteiger partial charge < -0.3 is 4.74 Å². The molecule has 0 saturated carbocycles. The Morgan fingerprint density at radius 1 is 1.32 bits per heavy atom. The van der Waals surface area contributed by atoms with Crippen LogP contribution in [-0.4, -0.2) is 23.6 Å². The summed E-state index contributed by atoms with van der Waals surface area (Å²) in [6.45, 7) is 0.0107. The van der Waals surface area contributed by atoms with Gasteiger partial charge in [0, 0.05) is 21.1 Å². The zero-order valence-electron chi connectivity index (χ0n) is 10.3. The number of nitrogens with zero attached hydrogens (tertiary/aromatic N) is 1. The first-order valence-electron chi connectivity index (χ1n) is 5.59. The van der Waals surface area contributed by atoms with Crippen LogP contribution in [0.15, 0.2) is 52.1 Å². The first-order valence-corrected chi connectivity index (χ1v) is 7.61. The van der Waals surface area contributed by atoms with Crippen LogP contribution in [0.3, 0.4) is 0 Å². The number of rotatable bonds is 5. The molecule has 5 heteroatoms. The zero-order valence-corrected chi connectivity index (χ0v) is 12.7. The number of carbonyl (C=O) groups is 1. The van der Waals surface area contributed by atoms with Crippen LogP contribution in [0.2, 0.25) is 0 Å². The topological polar surface area (TPSA) is 39.2 Å². The van der Waals surface area contributed by atoms with E-state index < -0.39 is 0 Å². The van der Waals surface area contributed by atoms with Crippen molar-refractivity contribution in [3.63, 3.8) is 0 Å². The van der Waals surface area contributed by atoms with Gasteiger partial charge in [0.15, 0.2) is 12.4 Å². The molecule has 0 bridgehead atoms. The molecular weight excluding hydrogens is 326 g/mol. The fourth-order valence-corrected chi connectivity index (χ4v) is 2.23. The van der Waals surface area contributed by atoms with Crippen LogP contribution in [0.25, 0.3) is 0 Å². The highest BCUT2D eigenvalue weighted by atomic mass is 79.9. The maximum Gasteiger partial charge on any atom is 0.200 e. The zero-order chi connectivity index (χ0) is 13.7. The van der Waals surface area contributed by atoms with Gasteiger partial charge in [-0.15, -0.1) is 11.8 Å². The molecule has 2 aromatic rings. The minimum Gasteiger partial charge on any atom is -0.484 e. The van der Waals surface area contributed by atoms with Crippen molar-refractivity contribution >= 4 is 33.5 Å². The lowest BCUT2D eigenvalue weighted by Gasteiger charge is -2.05. The minimum absolute atomic E-state index is 0.0107. The third-order valence-corrected chi connectivity index (χ3v) is 3.64. The van der Waals surface area contributed by atoms with Crippen LogP contribution in [0, 0.1) is 0 Å². The molecule has 0 radical (unpaired) electrons. The van der Waals surface area contributed by atoms with Gasteiger partial charge in [-0.2, -0.15) is 0 Å². The Kier molecular flexibility index (Phi) is 4.99. The molecule has 3 nitrogen and oxygen atoms in total. The third-order valence-electron chi connectivity index (χ3n) is 2.46. The Labute approximate surface area is 124 Å². The van der Waals surface area contributed by atoms with E-state index in [-0.39, 0.29) is 12.4 Å². The molecule has 1 aromatic heterocycles. The van der Waals surface area contributed by atoms with Crippen LogP contribution in [0.1, 0.15) is 10.4 Å². The molecule has 0 aliphatic heterocycles. The number of hydrogen-bond donors (Lipinski definition) is 0. The van der Waals surface area contributed by atoms with Gasteiger partial charge in [-0.1, -0.05) is 12.1 Å². The molecular formula is C14H12BrNO2S. The fourth-order valence-electron chi connectivity index (χ4n) is 1.48. The Morgan fingerprint density at radius 3 is 2.68 bits per heavy atom. The average Bonchev–Trinajstić information content (AvgIpc) is 2.45. The van der Waals surface area contributed by atoms with E-state index in [1.807, 2.05) is 30.5 Å². The van der Waals surface area contributed by atoms with Crippen molar-refractivity contribution in [3.05, 3.63) is 52.8 Å². The summed E-state index contributed by atoms with van der Waals surface area (Å²) in [7, 11) is 0. The molecule has 0 atom stereocenters. The van der Waals surface area contributed by atoms with Gasteiger partial charge in [-0.3, -0.25) is 9.78 Å². The number of aromatic nitrogens is 1. The monoisotopic (exact) mass is 337 g/mol. The lowest BCUT2D eigenvalue weighted by molar-refractivity contribution is 0.0921. The van der Waals surface area contributed by atoms with Crippen LogP contribution in [0.4, 0.5) is 0 Å². The number of Topliss-reactive ketones (excluding diaryl/α,β-unsaturated/α-hetero) is 1. The highest BCUT2D eigenvalue weighted by molar-refractivity contribution is 9.10. The molecule has 2 rings (SSSR count). The summed E-state index contributed by atoms with van der Waals surface area (Å²) in [4.78, 5) is 17.0. The fraction of sp³-hybridized carbons (Fsp3) is 0.143. The number of thioether (sulfide) groups is 1. The Morgan fingerprint density at radius 2 is 2.05 bits per heavy atom. The van der Waals surface area contributed by atoms with Gasteiger partial charge in [-0.25, -0.2) is 0 Å². The van der Waals surface area contributed by atoms with Gasteiger partial charge in [0.2, 0.25) is 0 Å². The summed E-state index contributed by atoms with van der Waals surface area (Å²) in [6, 6.07) is 9.27. The molecule has 0 aliphatic rings. The van der Waals surface area contributed by atoms with Crippen molar-refractivity contribution in [2.24, 2.45) is 0 Å². The maximum atomic E-state index is 11.9. The van der Waals surface area contributed by atoms with Gasteiger partial charge >= 0.3 is 0 Å². The number of hydrogen-bond acceptors (Lipinski definition) is 4. The lowest BCUT2D eigenvalue weighted by Crippen LogP contribution is -2.11. The van der Waals surface area contributed by atoms with E-state index in [0.29, 0.717) is 11.3 Å². The van der Waals surface area contributed by atoms with E-state index in [1.165, 1.54) is 0 Å². The van der Waals surface area contributed by atoms with Crippen molar-refractivity contribution in [1.29, 1.82) is 0 Å². The van der Waals surface area contributed by atoms with Crippen molar-refractivity contribution in [3.8, 4) is 5.75 Å². The highest BCUT2D eigenvalue weighted by Gasteiger charge is 2.07. The van der Waals surface area contributed by atoms with E-state index in [1.54, 1.807) is 30.2 Å². The van der Waals surface area contributed by atoms with Crippen molar-refractivity contribution in [2.45, 2.75) is 4.90 Å². The number of carbonyl (C=O) groups excluding carboxylic acids is 1. The molecule has 98 valence electrons. The highest BCUT2D eigenvalue weighted by Crippen LogP contribution is 2.17. The first kappa shape index (κ1) is 14.1. The van der Waals surface area contributed by atoms with Gasteiger partial charge in [0.1, 0.15) is 5.75 Å². The predicted molar refractivity (Wildman–Crippen MR) is 80.0 cm³/mol. The molecule has 0 fully saturated rings. The van der Waals surface area contributed by atoms with Crippen molar-refractivity contribution in [1.82, 2.24) is 4.98 Å². The lowest BCUT2D eigenvalue weighted by atomic mass is 10.1. The van der Waals surface area contributed by atoms with Gasteiger partial charge in [0.25, 0.3) is 0 Å². The summed E-state index contributed by atoms with van der Waals surface area (Å²) in [5.41, 5.74) is 0.653. The quantitative estimate of drug-likeness (QED) is 0.614. The third kappa shape index (κ3) is 4.08. The molecule has 0 saturated heterocycles. The summed E-state index contributed by atoms with van der Waals surface area (Å²) in [5, 5.41) is 0.